The Hall–Kier alpha value is -0.570. The lowest BCUT2D eigenvalue weighted by Gasteiger charge is -2.29. The molecule has 0 aliphatic heterocycles. The van der Waals surface area contributed by atoms with Crippen molar-refractivity contribution in [2.75, 3.05) is 0 Å². The summed E-state index contributed by atoms with van der Waals surface area (Å²) in [5.74, 6) is 1.34. The molecule has 100 valence electrons. The quantitative estimate of drug-likeness (QED) is 0.795. The molecular formula is C14H28N2O. The van der Waals surface area contributed by atoms with Gasteiger partial charge in [-0.2, -0.15) is 0 Å². The highest BCUT2D eigenvalue weighted by molar-refractivity contribution is 5.82. The van der Waals surface area contributed by atoms with Crippen LogP contribution in [0.4, 0.5) is 0 Å². The van der Waals surface area contributed by atoms with Crippen molar-refractivity contribution in [1.29, 1.82) is 0 Å². The molecule has 1 aliphatic rings. The van der Waals surface area contributed by atoms with Gasteiger partial charge in [0, 0.05) is 6.04 Å². The maximum Gasteiger partial charge on any atom is 0.237 e. The number of rotatable bonds is 3. The molecule has 4 unspecified atom stereocenters. The first-order valence-electron chi connectivity index (χ1n) is 6.83. The Morgan fingerprint density at radius 2 is 2.00 bits per heavy atom. The maximum absolute atomic E-state index is 12.1. The standard InChI is InChI=1S/C14H28N2O/c1-6-10-7-8-11(9(10)2)16-13(17)12(15)14(3,4)5/h9-12H,6-8,15H2,1-5H3,(H,16,17). The molecule has 0 aromatic rings. The van der Waals surface area contributed by atoms with E-state index in [1.165, 1.54) is 12.8 Å². The summed E-state index contributed by atoms with van der Waals surface area (Å²) in [5, 5.41) is 3.14. The second kappa shape index (κ2) is 5.38. The molecule has 0 aromatic carbocycles. The lowest BCUT2D eigenvalue weighted by molar-refractivity contribution is -0.125. The molecule has 1 fully saturated rings. The Morgan fingerprint density at radius 1 is 1.41 bits per heavy atom. The number of nitrogens with one attached hydrogen (secondary N) is 1. The fraction of sp³-hybridized carbons (Fsp3) is 0.929. The van der Waals surface area contributed by atoms with E-state index >= 15 is 0 Å². The van der Waals surface area contributed by atoms with E-state index in [9.17, 15) is 4.79 Å². The highest BCUT2D eigenvalue weighted by atomic mass is 16.2. The number of carbonyl (C=O) groups excluding carboxylic acids is 1. The largest absolute Gasteiger partial charge is 0.352 e. The van der Waals surface area contributed by atoms with Gasteiger partial charge < -0.3 is 11.1 Å². The summed E-state index contributed by atoms with van der Waals surface area (Å²) < 4.78 is 0. The molecule has 4 atom stereocenters. The highest BCUT2D eigenvalue weighted by Crippen LogP contribution is 2.34. The van der Waals surface area contributed by atoms with E-state index in [2.05, 4.69) is 19.2 Å². The Morgan fingerprint density at radius 3 is 2.41 bits per heavy atom. The van der Waals surface area contributed by atoms with Gasteiger partial charge in [0.05, 0.1) is 6.04 Å². The summed E-state index contributed by atoms with van der Waals surface area (Å²) >= 11 is 0. The molecule has 0 bridgehead atoms. The Kier molecular flexibility index (Phi) is 4.59. The van der Waals surface area contributed by atoms with Crippen LogP contribution in [-0.2, 0) is 4.79 Å². The molecule has 0 aromatic heterocycles. The maximum atomic E-state index is 12.1. The van der Waals surface area contributed by atoms with Crippen LogP contribution in [0.25, 0.3) is 0 Å². The van der Waals surface area contributed by atoms with Gasteiger partial charge in [0.15, 0.2) is 0 Å². The molecule has 1 saturated carbocycles. The molecule has 0 spiro atoms. The molecule has 1 rings (SSSR count). The van der Waals surface area contributed by atoms with Crippen LogP contribution in [0.15, 0.2) is 0 Å². The normalized spacial score (nSPS) is 31.3. The van der Waals surface area contributed by atoms with E-state index in [0.717, 1.165) is 12.3 Å². The van der Waals surface area contributed by atoms with Gasteiger partial charge >= 0.3 is 0 Å². The number of carbonyl (C=O) groups is 1. The zero-order chi connectivity index (χ0) is 13.2. The third kappa shape index (κ3) is 3.44. The molecule has 0 heterocycles. The summed E-state index contributed by atoms with van der Waals surface area (Å²) in [7, 11) is 0. The smallest absolute Gasteiger partial charge is 0.237 e. The molecule has 1 amide bonds. The van der Waals surface area contributed by atoms with E-state index in [-0.39, 0.29) is 11.3 Å². The van der Waals surface area contributed by atoms with Crippen molar-refractivity contribution in [3.63, 3.8) is 0 Å². The summed E-state index contributed by atoms with van der Waals surface area (Å²) in [6.45, 7) is 10.5. The zero-order valence-electron chi connectivity index (χ0n) is 11.9. The predicted molar refractivity (Wildman–Crippen MR) is 71.5 cm³/mol. The minimum atomic E-state index is -0.421. The fourth-order valence-electron chi connectivity index (χ4n) is 2.69. The van der Waals surface area contributed by atoms with Crippen LogP contribution in [0.5, 0.6) is 0 Å². The molecule has 3 heteroatoms. The average Bonchev–Trinajstić information content (AvgIpc) is 2.57. The van der Waals surface area contributed by atoms with Crippen LogP contribution in [-0.4, -0.2) is 18.0 Å². The molecule has 0 saturated heterocycles. The summed E-state index contributed by atoms with van der Waals surface area (Å²) in [5.41, 5.74) is 5.80. The van der Waals surface area contributed by atoms with Gasteiger partial charge in [-0.05, 0) is 30.1 Å². The molecular weight excluding hydrogens is 212 g/mol. The highest BCUT2D eigenvalue weighted by Gasteiger charge is 2.35. The van der Waals surface area contributed by atoms with Gasteiger partial charge in [-0.1, -0.05) is 41.0 Å². The van der Waals surface area contributed by atoms with Crippen molar-refractivity contribution >= 4 is 5.91 Å². The predicted octanol–water partition coefficient (Wildman–Crippen LogP) is 2.30. The summed E-state index contributed by atoms with van der Waals surface area (Å²) in [6.07, 6.45) is 3.54. The van der Waals surface area contributed by atoms with E-state index in [1.807, 2.05) is 20.8 Å². The third-order valence-corrected chi connectivity index (χ3v) is 4.29. The molecule has 17 heavy (non-hydrogen) atoms. The van der Waals surface area contributed by atoms with Gasteiger partial charge in [-0.25, -0.2) is 0 Å². The first kappa shape index (κ1) is 14.5. The van der Waals surface area contributed by atoms with Crippen molar-refractivity contribution in [1.82, 2.24) is 5.32 Å². The molecule has 0 radical (unpaired) electrons. The second-order valence-corrected chi connectivity index (χ2v) is 6.56. The monoisotopic (exact) mass is 240 g/mol. The van der Waals surface area contributed by atoms with Crippen LogP contribution in [0.1, 0.15) is 53.9 Å². The first-order valence-corrected chi connectivity index (χ1v) is 6.83. The van der Waals surface area contributed by atoms with Crippen LogP contribution in [0.3, 0.4) is 0 Å². The minimum absolute atomic E-state index is 0.00565. The Labute approximate surface area is 106 Å². The van der Waals surface area contributed by atoms with Crippen LogP contribution >= 0.6 is 0 Å². The van der Waals surface area contributed by atoms with Crippen LogP contribution < -0.4 is 11.1 Å². The fourth-order valence-corrected chi connectivity index (χ4v) is 2.69. The van der Waals surface area contributed by atoms with Crippen molar-refractivity contribution < 1.29 is 4.79 Å². The topological polar surface area (TPSA) is 55.1 Å². The van der Waals surface area contributed by atoms with E-state index < -0.39 is 6.04 Å². The SMILES string of the molecule is CCC1CCC(NC(=O)C(N)C(C)(C)C)C1C. The second-order valence-electron chi connectivity index (χ2n) is 6.56. The lowest BCUT2D eigenvalue weighted by atomic mass is 9.86. The van der Waals surface area contributed by atoms with E-state index in [0.29, 0.717) is 12.0 Å². The van der Waals surface area contributed by atoms with Gasteiger partial charge in [0.25, 0.3) is 0 Å². The number of amides is 1. The first-order chi connectivity index (χ1) is 7.77. The number of hydrogen-bond donors (Lipinski definition) is 2. The molecule has 1 aliphatic carbocycles. The minimum Gasteiger partial charge on any atom is -0.352 e. The summed E-state index contributed by atoms with van der Waals surface area (Å²) in [4.78, 5) is 12.1. The third-order valence-electron chi connectivity index (χ3n) is 4.29. The van der Waals surface area contributed by atoms with Crippen molar-refractivity contribution in [2.45, 2.75) is 66.0 Å². The van der Waals surface area contributed by atoms with Crippen molar-refractivity contribution in [3.8, 4) is 0 Å². The van der Waals surface area contributed by atoms with Crippen molar-refractivity contribution in [3.05, 3.63) is 0 Å². The van der Waals surface area contributed by atoms with Gasteiger partial charge in [-0.3, -0.25) is 4.79 Å². The zero-order valence-corrected chi connectivity index (χ0v) is 11.9. The Balaban J connectivity index is 2.53. The molecule has 3 nitrogen and oxygen atoms in total. The number of hydrogen-bond acceptors (Lipinski definition) is 2. The molecule has 3 N–H and O–H groups in total. The van der Waals surface area contributed by atoms with Crippen LogP contribution in [0, 0.1) is 17.3 Å². The Bertz CT molecular complexity index is 270. The van der Waals surface area contributed by atoms with E-state index in [4.69, 9.17) is 5.73 Å². The van der Waals surface area contributed by atoms with Crippen LogP contribution in [0.2, 0.25) is 0 Å². The van der Waals surface area contributed by atoms with E-state index in [1.54, 1.807) is 0 Å². The average molecular weight is 240 g/mol. The lowest BCUT2D eigenvalue weighted by Crippen LogP contribution is -2.52. The van der Waals surface area contributed by atoms with Crippen molar-refractivity contribution in [2.24, 2.45) is 23.0 Å². The van der Waals surface area contributed by atoms with Gasteiger partial charge in [-0.15, -0.1) is 0 Å². The number of nitrogens with two attached hydrogens (primary N) is 1. The summed E-state index contributed by atoms with van der Waals surface area (Å²) in [6, 6.07) is -0.101. The van der Waals surface area contributed by atoms with Gasteiger partial charge in [0.2, 0.25) is 5.91 Å². The van der Waals surface area contributed by atoms with Gasteiger partial charge in [0.1, 0.15) is 0 Å².